The highest BCUT2D eigenvalue weighted by Gasteiger charge is 2.31. The van der Waals surface area contributed by atoms with E-state index < -0.39 is 26.5 Å². The van der Waals surface area contributed by atoms with Gasteiger partial charge in [-0.25, -0.2) is 18.0 Å². The van der Waals surface area contributed by atoms with Crippen LogP contribution in [0.2, 0.25) is 0 Å². The van der Waals surface area contributed by atoms with Crippen molar-refractivity contribution in [2.45, 2.75) is 24.7 Å². The lowest BCUT2D eigenvalue weighted by Gasteiger charge is -2.29. The molecule has 1 aliphatic rings. The molecular formula is C17H19NO6S. The molecule has 1 atom stereocenters. The predicted molar refractivity (Wildman–Crippen MR) is 91.0 cm³/mol. The van der Waals surface area contributed by atoms with Crippen LogP contribution in [-0.2, 0) is 14.8 Å². The molecule has 0 N–H and O–H groups in total. The van der Waals surface area contributed by atoms with Crippen molar-refractivity contribution in [2.75, 3.05) is 20.2 Å². The summed E-state index contributed by atoms with van der Waals surface area (Å²) in [4.78, 5) is 23.5. The topological polar surface area (TPSA) is 93.9 Å². The minimum Gasteiger partial charge on any atom is -0.465 e. The third kappa shape index (κ3) is 3.32. The summed E-state index contributed by atoms with van der Waals surface area (Å²) < 4.78 is 36.8. The highest BCUT2D eigenvalue weighted by Crippen LogP contribution is 2.24. The number of hydrogen-bond acceptors (Lipinski definition) is 6. The lowest BCUT2D eigenvalue weighted by molar-refractivity contribution is 0.0601. The maximum absolute atomic E-state index is 12.8. The maximum atomic E-state index is 12.8. The molecule has 1 fully saturated rings. The monoisotopic (exact) mass is 365 g/mol. The summed E-state index contributed by atoms with van der Waals surface area (Å²) in [5, 5.41) is 0.353. The number of rotatable bonds is 3. The van der Waals surface area contributed by atoms with Crippen LogP contribution in [0.15, 0.2) is 38.4 Å². The van der Waals surface area contributed by atoms with E-state index in [0.717, 1.165) is 12.8 Å². The zero-order valence-electron chi connectivity index (χ0n) is 14.0. The fraction of sp³-hybridized carbons (Fsp3) is 0.412. The van der Waals surface area contributed by atoms with Crippen LogP contribution < -0.4 is 5.63 Å². The number of methoxy groups -OCH3 is 1. The fourth-order valence-corrected chi connectivity index (χ4v) is 4.66. The van der Waals surface area contributed by atoms with Crippen LogP contribution in [0.25, 0.3) is 11.0 Å². The third-order valence-corrected chi connectivity index (χ3v) is 6.21. The molecule has 0 bridgehead atoms. The number of esters is 1. The lowest BCUT2D eigenvalue weighted by Crippen LogP contribution is -2.40. The number of carbonyl (C=O) groups is 1. The van der Waals surface area contributed by atoms with Crippen molar-refractivity contribution in [2.24, 2.45) is 5.92 Å². The van der Waals surface area contributed by atoms with Gasteiger partial charge in [0, 0.05) is 18.5 Å². The third-order valence-electron chi connectivity index (χ3n) is 4.36. The minimum absolute atomic E-state index is 0.212. The summed E-state index contributed by atoms with van der Waals surface area (Å²) in [5.41, 5.74) is -0.445. The standard InChI is InChI=1S/C17H19NO6S/c1-11-4-3-7-18(10-11)25(21,22)15-9-13-8-12(16(19)23-2)5-6-14(13)24-17(15)20/h5-6,8-9,11H,3-4,7,10H2,1-2H3/t11-/m1/s1. The Morgan fingerprint density at radius 2 is 2.08 bits per heavy atom. The van der Waals surface area contributed by atoms with Gasteiger partial charge in [-0.05, 0) is 43.0 Å². The van der Waals surface area contributed by atoms with E-state index in [1.54, 1.807) is 0 Å². The first-order chi connectivity index (χ1) is 11.8. The Hall–Kier alpha value is -2.19. The molecule has 1 aliphatic heterocycles. The molecular weight excluding hydrogens is 346 g/mol. The Labute approximate surface area is 145 Å². The van der Waals surface area contributed by atoms with Crippen molar-refractivity contribution >= 4 is 27.0 Å². The molecule has 1 aromatic carbocycles. The number of fused-ring (bicyclic) bond motifs is 1. The van der Waals surface area contributed by atoms with Crippen molar-refractivity contribution < 1.29 is 22.4 Å². The summed E-state index contributed by atoms with van der Waals surface area (Å²) in [6, 6.07) is 5.62. The summed E-state index contributed by atoms with van der Waals surface area (Å²) in [5.74, 6) is -0.315. The first-order valence-electron chi connectivity index (χ1n) is 7.99. The zero-order valence-corrected chi connectivity index (χ0v) is 14.8. The van der Waals surface area contributed by atoms with Crippen molar-refractivity contribution in [3.05, 3.63) is 40.2 Å². The molecule has 1 aromatic heterocycles. The maximum Gasteiger partial charge on any atom is 0.356 e. The molecule has 25 heavy (non-hydrogen) atoms. The van der Waals surface area contributed by atoms with Gasteiger partial charge < -0.3 is 9.15 Å². The van der Waals surface area contributed by atoms with Crippen LogP contribution in [0.3, 0.4) is 0 Å². The fourth-order valence-electron chi connectivity index (χ4n) is 3.03. The van der Waals surface area contributed by atoms with Gasteiger partial charge in [0.25, 0.3) is 0 Å². The van der Waals surface area contributed by atoms with E-state index in [1.165, 1.54) is 35.7 Å². The van der Waals surface area contributed by atoms with Gasteiger partial charge in [-0.1, -0.05) is 6.92 Å². The van der Waals surface area contributed by atoms with Crippen LogP contribution >= 0.6 is 0 Å². The van der Waals surface area contributed by atoms with Gasteiger partial charge in [-0.15, -0.1) is 0 Å². The Bertz CT molecular complexity index is 978. The Kier molecular flexibility index (Phi) is 4.66. The number of nitrogens with zero attached hydrogens (tertiary/aromatic N) is 1. The molecule has 2 aromatic rings. The smallest absolute Gasteiger partial charge is 0.356 e. The van der Waals surface area contributed by atoms with Crippen LogP contribution in [0, 0.1) is 5.92 Å². The summed E-state index contributed by atoms with van der Waals surface area (Å²) in [7, 11) is -2.69. The van der Waals surface area contributed by atoms with E-state index in [9.17, 15) is 18.0 Å². The van der Waals surface area contributed by atoms with Crippen molar-refractivity contribution in [1.29, 1.82) is 0 Å². The summed E-state index contributed by atoms with van der Waals surface area (Å²) in [6.07, 6.45) is 1.71. The van der Waals surface area contributed by atoms with Crippen molar-refractivity contribution in [3.63, 3.8) is 0 Å². The van der Waals surface area contributed by atoms with Gasteiger partial charge in [0.05, 0.1) is 12.7 Å². The highest BCUT2D eigenvalue weighted by atomic mass is 32.2. The molecule has 0 spiro atoms. The van der Waals surface area contributed by atoms with E-state index >= 15 is 0 Å². The summed E-state index contributed by atoms with van der Waals surface area (Å²) in [6.45, 7) is 2.74. The first-order valence-corrected chi connectivity index (χ1v) is 9.43. The average Bonchev–Trinajstić information content (AvgIpc) is 2.60. The number of piperidine rings is 1. The van der Waals surface area contributed by atoms with Gasteiger partial charge in [-0.3, -0.25) is 0 Å². The van der Waals surface area contributed by atoms with Gasteiger partial charge in [0.15, 0.2) is 4.90 Å². The number of carbonyl (C=O) groups excluding carboxylic acids is 1. The van der Waals surface area contributed by atoms with Crippen LogP contribution in [0.1, 0.15) is 30.1 Å². The van der Waals surface area contributed by atoms with Crippen LogP contribution in [0.4, 0.5) is 0 Å². The van der Waals surface area contributed by atoms with E-state index in [4.69, 9.17) is 4.42 Å². The molecule has 2 heterocycles. The Morgan fingerprint density at radius 1 is 1.32 bits per heavy atom. The molecule has 134 valence electrons. The number of ether oxygens (including phenoxy) is 1. The van der Waals surface area contributed by atoms with Gasteiger partial charge in [0.2, 0.25) is 10.0 Å². The lowest BCUT2D eigenvalue weighted by atomic mass is 10.0. The number of sulfonamides is 1. The van der Waals surface area contributed by atoms with E-state index in [1.807, 2.05) is 6.92 Å². The van der Waals surface area contributed by atoms with Gasteiger partial charge in [0.1, 0.15) is 5.58 Å². The average molecular weight is 365 g/mol. The molecule has 0 saturated carbocycles. The van der Waals surface area contributed by atoms with Crippen LogP contribution in [0.5, 0.6) is 0 Å². The predicted octanol–water partition coefficient (Wildman–Crippen LogP) is 2.00. The molecule has 8 heteroatoms. The van der Waals surface area contributed by atoms with Crippen molar-refractivity contribution in [1.82, 2.24) is 4.31 Å². The Balaban J connectivity index is 2.10. The molecule has 0 amide bonds. The quantitative estimate of drug-likeness (QED) is 0.610. The second-order valence-electron chi connectivity index (χ2n) is 6.25. The Morgan fingerprint density at radius 3 is 2.76 bits per heavy atom. The second kappa shape index (κ2) is 6.61. The second-order valence-corrected chi connectivity index (χ2v) is 8.16. The molecule has 0 radical (unpaired) electrons. The molecule has 0 unspecified atom stereocenters. The molecule has 0 aliphatic carbocycles. The SMILES string of the molecule is COC(=O)c1ccc2oc(=O)c(S(=O)(=O)N3CCC[C@@H](C)C3)cc2c1. The normalized spacial score (nSPS) is 19.0. The van der Waals surface area contributed by atoms with Crippen molar-refractivity contribution in [3.8, 4) is 0 Å². The zero-order chi connectivity index (χ0) is 18.2. The minimum atomic E-state index is -3.94. The van der Waals surface area contributed by atoms with Gasteiger partial charge in [-0.2, -0.15) is 4.31 Å². The number of hydrogen-bond donors (Lipinski definition) is 0. The molecule has 7 nitrogen and oxygen atoms in total. The molecule has 3 rings (SSSR count). The van der Waals surface area contributed by atoms with Gasteiger partial charge >= 0.3 is 11.6 Å². The highest BCUT2D eigenvalue weighted by molar-refractivity contribution is 7.89. The van der Waals surface area contributed by atoms with E-state index in [0.29, 0.717) is 18.5 Å². The van der Waals surface area contributed by atoms with Crippen LogP contribution in [-0.4, -0.2) is 38.9 Å². The summed E-state index contributed by atoms with van der Waals surface area (Å²) >= 11 is 0. The first kappa shape index (κ1) is 17.6. The van der Waals surface area contributed by atoms with E-state index in [-0.39, 0.29) is 17.1 Å². The molecule has 1 saturated heterocycles. The number of benzene rings is 1. The van der Waals surface area contributed by atoms with E-state index in [2.05, 4.69) is 4.74 Å². The largest absolute Gasteiger partial charge is 0.465 e.